The fourth-order valence-electron chi connectivity index (χ4n) is 0.650. The molecule has 58 valence electrons. The number of hydrogen-bond acceptors (Lipinski definition) is 4. The second kappa shape index (κ2) is 4.60. The molecule has 1 rings (SSSR count). The summed E-state index contributed by atoms with van der Waals surface area (Å²) < 4.78 is 3.78. The molecule has 2 N–H and O–H groups in total. The highest BCUT2D eigenvalue weighted by molar-refractivity contribution is 7.05. The van der Waals surface area contributed by atoms with Crippen LogP contribution < -0.4 is 5.73 Å². The molecule has 0 saturated carbocycles. The van der Waals surface area contributed by atoms with E-state index < -0.39 is 0 Å². The molecule has 0 aliphatic rings. The molecule has 0 amide bonds. The maximum Gasteiger partial charge on any atom is 0.0797 e. The van der Waals surface area contributed by atoms with Gasteiger partial charge in [0.25, 0.3) is 0 Å². The van der Waals surface area contributed by atoms with Gasteiger partial charge < -0.3 is 5.73 Å². The van der Waals surface area contributed by atoms with E-state index in [1.165, 1.54) is 11.5 Å². The first-order chi connectivity index (χ1) is 4.38. The quantitative estimate of drug-likeness (QED) is 0.737. The molecule has 0 radical (unpaired) electrons. The molecule has 0 saturated heterocycles. The third-order valence-electron chi connectivity index (χ3n) is 1.15. The van der Waals surface area contributed by atoms with E-state index in [0.717, 1.165) is 17.0 Å². The first-order valence-corrected chi connectivity index (χ1v) is 3.66. The minimum absolute atomic E-state index is 0. The predicted molar refractivity (Wildman–Crippen MR) is 44.4 cm³/mol. The number of rotatable bonds is 2. The molecule has 0 atom stereocenters. The second-order valence-electron chi connectivity index (χ2n) is 1.70. The highest BCUT2D eigenvalue weighted by Crippen LogP contribution is 2.08. The molecule has 0 unspecified atom stereocenters. The van der Waals surface area contributed by atoms with Crippen LogP contribution in [0.4, 0.5) is 0 Å². The summed E-state index contributed by atoms with van der Waals surface area (Å²) in [5.74, 6) is 0. The van der Waals surface area contributed by atoms with E-state index in [1.807, 2.05) is 0 Å². The van der Waals surface area contributed by atoms with Crippen LogP contribution in [0.3, 0.4) is 0 Å². The highest BCUT2D eigenvalue weighted by atomic mass is 35.5. The Labute approximate surface area is 70.2 Å². The van der Waals surface area contributed by atoms with E-state index in [0.29, 0.717) is 6.54 Å². The van der Waals surface area contributed by atoms with Crippen molar-refractivity contribution in [1.29, 1.82) is 0 Å². The summed E-state index contributed by atoms with van der Waals surface area (Å²) >= 11 is 1.39. The van der Waals surface area contributed by atoms with Gasteiger partial charge in [-0.1, -0.05) is 11.4 Å². The van der Waals surface area contributed by atoms with Crippen molar-refractivity contribution in [3.8, 4) is 0 Å². The third-order valence-corrected chi connectivity index (χ3v) is 1.94. The number of nitrogens with two attached hydrogens (primary N) is 1. The lowest BCUT2D eigenvalue weighted by atomic mass is 10.3. The van der Waals surface area contributed by atoms with E-state index in [-0.39, 0.29) is 12.4 Å². The van der Waals surface area contributed by atoms with Crippen LogP contribution in [0.15, 0.2) is 0 Å². The van der Waals surface area contributed by atoms with Crippen molar-refractivity contribution in [2.24, 2.45) is 5.73 Å². The Morgan fingerprint density at radius 3 is 2.70 bits per heavy atom. The predicted octanol–water partition coefficient (Wildman–Crippen LogP) is 0.981. The molecule has 1 aromatic rings. The van der Waals surface area contributed by atoms with Crippen LogP contribution in [-0.4, -0.2) is 9.59 Å². The summed E-state index contributed by atoms with van der Waals surface area (Å²) in [7, 11) is 0. The number of nitrogens with zero attached hydrogens (tertiary/aromatic N) is 2. The van der Waals surface area contributed by atoms with Crippen molar-refractivity contribution >= 4 is 23.9 Å². The maximum absolute atomic E-state index is 5.40. The fourth-order valence-corrected chi connectivity index (χ4v) is 1.25. The molecule has 0 spiro atoms. The van der Waals surface area contributed by atoms with Crippen LogP contribution in [0.1, 0.15) is 17.5 Å². The van der Waals surface area contributed by atoms with E-state index in [9.17, 15) is 0 Å². The summed E-state index contributed by atoms with van der Waals surface area (Å²) in [5, 5.41) is 3.89. The Morgan fingerprint density at radius 1 is 1.60 bits per heavy atom. The van der Waals surface area contributed by atoms with Gasteiger partial charge in [-0.3, -0.25) is 0 Å². The van der Waals surface area contributed by atoms with Gasteiger partial charge in [0, 0.05) is 6.54 Å². The lowest BCUT2D eigenvalue weighted by Gasteiger charge is -1.88. The van der Waals surface area contributed by atoms with Gasteiger partial charge >= 0.3 is 0 Å². The lowest BCUT2D eigenvalue weighted by Crippen LogP contribution is -1.96. The molecular formula is C5H10ClN3S. The number of aryl methyl sites for hydroxylation is 1. The molecule has 1 heterocycles. The van der Waals surface area contributed by atoms with Crippen LogP contribution in [-0.2, 0) is 13.0 Å². The Bertz CT molecular complexity index is 170. The minimum atomic E-state index is 0. The fraction of sp³-hybridized carbons (Fsp3) is 0.600. The van der Waals surface area contributed by atoms with Gasteiger partial charge in [-0.25, -0.2) is 0 Å². The van der Waals surface area contributed by atoms with Crippen molar-refractivity contribution in [2.45, 2.75) is 19.9 Å². The highest BCUT2D eigenvalue weighted by Gasteiger charge is 2.01. The molecule has 0 fully saturated rings. The molecule has 5 heteroatoms. The normalized spacial score (nSPS) is 9.00. The van der Waals surface area contributed by atoms with Crippen molar-refractivity contribution in [1.82, 2.24) is 9.59 Å². The van der Waals surface area contributed by atoms with Crippen molar-refractivity contribution in [2.75, 3.05) is 0 Å². The summed E-state index contributed by atoms with van der Waals surface area (Å²) in [5.41, 5.74) is 6.45. The molecule has 0 aromatic carbocycles. The van der Waals surface area contributed by atoms with Gasteiger partial charge in [-0.15, -0.1) is 17.5 Å². The van der Waals surface area contributed by atoms with Crippen LogP contribution >= 0.6 is 23.9 Å². The number of aromatic nitrogens is 2. The number of halogens is 1. The van der Waals surface area contributed by atoms with E-state index in [1.54, 1.807) is 0 Å². The lowest BCUT2D eigenvalue weighted by molar-refractivity contribution is 0.949. The van der Waals surface area contributed by atoms with Crippen LogP contribution in [0.5, 0.6) is 0 Å². The average molecular weight is 180 g/mol. The number of hydrogen-bond donors (Lipinski definition) is 1. The van der Waals surface area contributed by atoms with E-state index >= 15 is 0 Å². The molecule has 10 heavy (non-hydrogen) atoms. The molecule has 1 aromatic heterocycles. The zero-order valence-corrected chi connectivity index (χ0v) is 7.34. The van der Waals surface area contributed by atoms with Gasteiger partial charge in [0.05, 0.1) is 10.6 Å². The molecule has 3 nitrogen and oxygen atoms in total. The zero-order chi connectivity index (χ0) is 6.69. The zero-order valence-electron chi connectivity index (χ0n) is 5.70. The topological polar surface area (TPSA) is 51.8 Å². The summed E-state index contributed by atoms with van der Waals surface area (Å²) in [6.07, 6.45) is 0.934. The largest absolute Gasteiger partial charge is 0.326 e. The Balaban J connectivity index is 0.000000810. The molecule has 0 bridgehead atoms. The average Bonchev–Trinajstić information content (AvgIpc) is 2.33. The maximum atomic E-state index is 5.40. The molecule has 0 aliphatic heterocycles. The molecule has 0 aliphatic carbocycles. The van der Waals surface area contributed by atoms with Crippen LogP contribution in [0.25, 0.3) is 0 Å². The monoisotopic (exact) mass is 179 g/mol. The standard InChI is InChI=1S/C5H9N3S.ClH/c1-2-4-5(3-6)9-8-7-4;/h2-3,6H2,1H3;1H. The van der Waals surface area contributed by atoms with Gasteiger partial charge in [0.2, 0.25) is 0 Å². The van der Waals surface area contributed by atoms with E-state index in [2.05, 4.69) is 16.5 Å². The van der Waals surface area contributed by atoms with Crippen molar-refractivity contribution < 1.29 is 0 Å². The van der Waals surface area contributed by atoms with E-state index in [4.69, 9.17) is 5.73 Å². The van der Waals surface area contributed by atoms with Gasteiger partial charge in [-0.2, -0.15) is 0 Å². The summed E-state index contributed by atoms with van der Waals surface area (Å²) in [6.45, 7) is 2.62. The summed E-state index contributed by atoms with van der Waals surface area (Å²) in [6, 6.07) is 0. The smallest absolute Gasteiger partial charge is 0.0797 e. The van der Waals surface area contributed by atoms with Crippen LogP contribution in [0.2, 0.25) is 0 Å². The first-order valence-electron chi connectivity index (χ1n) is 2.88. The van der Waals surface area contributed by atoms with Gasteiger partial charge in [0.1, 0.15) is 0 Å². The van der Waals surface area contributed by atoms with Gasteiger partial charge in [0.15, 0.2) is 0 Å². The summed E-state index contributed by atoms with van der Waals surface area (Å²) in [4.78, 5) is 1.11. The Kier molecular flexibility index (Phi) is 4.51. The molecular weight excluding hydrogens is 170 g/mol. The minimum Gasteiger partial charge on any atom is -0.326 e. The van der Waals surface area contributed by atoms with Crippen molar-refractivity contribution in [3.05, 3.63) is 10.6 Å². The Morgan fingerprint density at radius 2 is 2.30 bits per heavy atom. The van der Waals surface area contributed by atoms with Crippen LogP contribution in [0, 0.1) is 0 Å². The van der Waals surface area contributed by atoms with Gasteiger partial charge in [-0.05, 0) is 18.0 Å². The SMILES string of the molecule is CCc1nnsc1CN.Cl. The van der Waals surface area contributed by atoms with Crippen molar-refractivity contribution in [3.63, 3.8) is 0 Å². The first kappa shape index (κ1) is 9.81. The second-order valence-corrected chi connectivity index (χ2v) is 2.54. The Hall–Kier alpha value is -0.190. The third kappa shape index (κ3) is 1.90.